The van der Waals surface area contributed by atoms with E-state index in [0.717, 1.165) is 31.7 Å². The first-order valence-electron chi connectivity index (χ1n) is 13.7. The van der Waals surface area contributed by atoms with Gasteiger partial charge in [0.2, 0.25) is 15.9 Å². The molecule has 2 amide bonds. The minimum atomic E-state index is -3.69. The maximum atomic E-state index is 14.4. The quantitative estimate of drug-likeness (QED) is 0.361. The van der Waals surface area contributed by atoms with Gasteiger partial charge >= 0.3 is 0 Å². The van der Waals surface area contributed by atoms with Crippen molar-refractivity contribution in [3.63, 3.8) is 0 Å². The van der Waals surface area contributed by atoms with Crippen molar-refractivity contribution in [3.05, 3.63) is 46.9 Å². The second-order valence-corrected chi connectivity index (χ2v) is 13.3. The number of carbonyl (C=O) groups is 2. The van der Waals surface area contributed by atoms with Crippen LogP contribution in [0.25, 0.3) is 0 Å². The number of sulfonamides is 1. The van der Waals surface area contributed by atoms with Gasteiger partial charge in [-0.15, -0.1) is 0 Å². The summed E-state index contributed by atoms with van der Waals surface area (Å²) in [4.78, 5) is 32.1. The van der Waals surface area contributed by atoms with Gasteiger partial charge in [-0.1, -0.05) is 50.8 Å². The van der Waals surface area contributed by atoms with Crippen molar-refractivity contribution in [2.75, 3.05) is 23.4 Å². The number of aromatic nitrogens is 1. The Hall–Kier alpha value is -2.92. The minimum Gasteiger partial charge on any atom is -0.482 e. The molecule has 0 unspecified atom stereocenters. The van der Waals surface area contributed by atoms with E-state index in [-0.39, 0.29) is 28.8 Å². The van der Waals surface area contributed by atoms with Crippen molar-refractivity contribution >= 4 is 44.9 Å². The van der Waals surface area contributed by atoms with Gasteiger partial charge in [0, 0.05) is 23.7 Å². The first-order valence-corrected chi connectivity index (χ1v) is 15.6. The number of benzene rings is 1. The van der Waals surface area contributed by atoms with Crippen molar-refractivity contribution in [2.24, 2.45) is 5.92 Å². The molecule has 218 valence electrons. The number of nitrogens with one attached hydrogen (secondary N) is 2. The first-order chi connectivity index (χ1) is 19.0. The van der Waals surface area contributed by atoms with E-state index in [1.54, 1.807) is 6.07 Å². The number of ether oxygens (including phenoxy) is 1. The third kappa shape index (κ3) is 8.30. The van der Waals surface area contributed by atoms with Crippen LogP contribution in [0.5, 0.6) is 5.75 Å². The molecule has 1 heterocycles. The van der Waals surface area contributed by atoms with Crippen molar-refractivity contribution in [1.82, 2.24) is 9.71 Å². The van der Waals surface area contributed by atoms with Crippen LogP contribution in [-0.2, 0) is 26.0 Å². The molecular weight excluding hydrogens is 559 g/mol. The molecule has 2 saturated carbocycles. The minimum absolute atomic E-state index is 0.184. The zero-order chi connectivity index (χ0) is 28.9. The van der Waals surface area contributed by atoms with Crippen LogP contribution in [0.1, 0.15) is 64.4 Å². The molecule has 0 atom stereocenters. The van der Waals surface area contributed by atoms with E-state index < -0.39 is 39.5 Å². The van der Waals surface area contributed by atoms with Crippen molar-refractivity contribution in [1.29, 1.82) is 0 Å². The number of halogens is 2. The molecule has 2 aliphatic carbocycles. The maximum Gasteiger partial charge on any atom is 0.271 e. The fourth-order valence-electron chi connectivity index (χ4n) is 4.86. The third-order valence-corrected chi connectivity index (χ3v) is 9.02. The van der Waals surface area contributed by atoms with Crippen LogP contribution in [-0.4, -0.2) is 49.7 Å². The molecule has 0 saturated heterocycles. The molecule has 0 bridgehead atoms. The fourth-order valence-corrected chi connectivity index (χ4v) is 6.32. The summed E-state index contributed by atoms with van der Waals surface area (Å²) < 4.78 is 46.1. The summed E-state index contributed by atoms with van der Waals surface area (Å²) in [7, 11) is -3.69. The zero-order valence-corrected chi connectivity index (χ0v) is 24.4. The van der Waals surface area contributed by atoms with Gasteiger partial charge in [0.05, 0.1) is 23.6 Å². The van der Waals surface area contributed by atoms with E-state index in [1.165, 1.54) is 24.8 Å². The number of carbonyl (C=O) groups excluding carboxylic acids is 2. The average molecular weight is 595 g/mol. The van der Waals surface area contributed by atoms with Gasteiger partial charge in [-0.3, -0.25) is 9.59 Å². The van der Waals surface area contributed by atoms with Crippen LogP contribution >= 0.6 is 11.6 Å². The number of anilines is 2. The number of pyridine rings is 1. The van der Waals surface area contributed by atoms with Crippen LogP contribution in [0.4, 0.5) is 15.9 Å². The second kappa shape index (κ2) is 13.2. The number of hydrogen-bond donors (Lipinski definition) is 2. The fraction of sp³-hybridized carbons (Fsp3) is 0.536. The first kappa shape index (κ1) is 30.0. The average Bonchev–Trinajstić information content (AvgIpc) is 3.75. The van der Waals surface area contributed by atoms with Gasteiger partial charge in [0.25, 0.3) is 5.91 Å². The smallest absolute Gasteiger partial charge is 0.271 e. The molecule has 2 N–H and O–H groups in total. The lowest BCUT2D eigenvalue weighted by atomic mass is 9.93. The normalized spacial score (nSPS) is 16.0. The van der Waals surface area contributed by atoms with Crippen LogP contribution in [0, 0.1) is 11.7 Å². The lowest BCUT2D eigenvalue weighted by Crippen LogP contribution is -2.40. The molecule has 40 heavy (non-hydrogen) atoms. The Balaban J connectivity index is 1.56. The highest BCUT2D eigenvalue weighted by Gasteiger charge is 2.37. The summed E-state index contributed by atoms with van der Waals surface area (Å²) in [6.45, 7) is 4.41. The molecule has 1 aromatic heterocycles. The van der Waals surface area contributed by atoms with E-state index in [4.69, 9.17) is 16.3 Å². The highest BCUT2D eigenvalue weighted by atomic mass is 35.5. The lowest BCUT2D eigenvalue weighted by Gasteiger charge is -2.37. The van der Waals surface area contributed by atoms with Crippen LogP contribution < -0.4 is 19.7 Å². The summed E-state index contributed by atoms with van der Waals surface area (Å²) in [5.41, 5.74) is 0.567. The third-order valence-electron chi connectivity index (χ3n) is 6.92. The predicted molar refractivity (Wildman–Crippen MR) is 153 cm³/mol. The molecule has 1 aromatic carbocycles. The van der Waals surface area contributed by atoms with Crippen LogP contribution in [0.2, 0.25) is 5.02 Å². The molecule has 0 radical (unpaired) electrons. The molecule has 0 aliphatic heterocycles. The highest BCUT2D eigenvalue weighted by Crippen LogP contribution is 2.34. The summed E-state index contributed by atoms with van der Waals surface area (Å²) in [6, 6.07) is 5.97. The Morgan fingerprint density at radius 3 is 2.50 bits per heavy atom. The Bertz CT molecular complexity index is 1330. The molecule has 2 aromatic rings. The molecule has 9 nitrogen and oxygen atoms in total. The largest absolute Gasteiger partial charge is 0.482 e. The Morgan fingerprint density at radius 2 is 1.85 bits per heavy atom. The lowest BCUT2D eigenvalue weighted by molar-refractivity contribution is -0.121. The predicted octanol–water partition coefficient (Wildman–Crippen LogP) is 4.84. The van der Waals surface area contributed by atoms with Gasteiger partial charge in [0.15, 0.2) is 12.4 Å². The van der Waals surface area contributed by atoms with Gasteiger partial charge in [-0.25, -0.2) is 22.5 Å². The molecule has 4 rings (SSSR count). The monoisotopic (exact) mass is 594 g/mol. The van der Waals surface area contributed by atoms with E-state index >= 15 is 0 Å². The summed E-state index contributed by atoms with van der Waals surface area (Å²) >= 11 is 5.85. The zero-order valence-electron chi connectivity index (χ0n) is 22.8. The van der Waals surface area contributed by atoms with Crippen LogP contribution in [0.3, 0.4) is 0 Å². The number of rotatable bonds is 12. The standard InChI is InChI=1S/C28H36ClFN4O5S/c1-18(2)16-34(21-6-4-3-5-7-21)28-25(32-26(35)12-19-8-9-20(29)13-24(19)30)14-22(15-31-28)39-17-27(36)33-40(37,38)23-10-11-23/h8-9,13-15,18,21,23H,3-7,10-12,16-17H2,1-2H3,(H,32,35)(H,33,36). The summed E-state index contributed by atoms with van der Waals surface area (Å²) in [5.74, 6) is -0.744. The SMILES string of the molecule is CC(C)CN(c1ncc(OCC(=O)NS(=O)(=O)C2CC2)cc1NC(=O)Cc1ccc(Cl)cc1F)C1CCCCC1. The summed E-state index contributed by atoms with van der Waals surface area (Å²) in [5, 5.41) is 2.57. The maximum absolute atomic E-state index is 14.4. The van der Waals surface area contributed by atoms with E-state index in [9.17, 15) is 22.4 Å². The highest BCUT2D eigenvalue weighted by molar-refractivity contribution is 7.90. The van der Waals surface area contributed by atoms with Gasteiger partial charge in [0.1, 0.15) is 11.6 Å². The van der Waals surface area contributed by atoms with Gasteiger partial charge in [-0.2, -0.15) is 0 Å². The molecule has 0 spiro atoms. The van der Waals surface area contributed by atoms with E-state index in [0.29, 0.717) is 36.8 Å². The van der Waals surface area contributed by atoms with Crippen molar-refractivity contribution in [2.45, 2.75) is 76.5 Å². The van der Waals surface area contributed by atoms with Gasteiger partial charge in [-0.05, 0) is 49.3 Å². The summed E-state index contributed by atoms with van der Waals surface area (Å²) in [6.07, 6.45) is 7.72. The molecule has 2 aliphatic rings. The van der Waals surface area contributed by atoms with Gasteiger partial charge < -0.3 is 15.0 Å². The number of hydrogen-bond acceptors (Lipinski definition) is 7. The molecular formula is C28H36ClFN4O5S. The van der Waals surface area contributed by atoms with Crippen LogP contribution in [0.15, 0.2) is 30.5 Å². The molecule has 12 heteroatoms. The number of nitrogens with zero attached hydrogens (tertiary/aromatic N) is 2. The second-order valence-electron chi connectivity index (χ2n) is 10.9. The molecule has 2 fully saturated rings. The Labute approximate surface area is 239 Å². The number of amides is 2. The van der Waals surface area contributed by atoms with E-state index in [1.807, 2.05) is 4.72 Å². The Morgan fingerprint density at radius 1 is 1.12 bits per heavy atom. The van der Waals surface area contributed by atoms with E-state index in [2.05, 4.69) is 29.0 Å². The Kier molecular flexibility index (Phi) is 9.89. The topological polar surface area (TPSA) is 118 Å². The van der Waals surface area contributed by atoms with Crippen molar-refractivity contribution < 1.29 is 27.1 Å². The van der Waals surface area contributed by atoms with Crippen molar-refractivity contribution in [3.8, 4) is 5.75 Å².